The van der Waals surface area contributed by atoms with Gasteiger partial charge in [0.05, 0.1) is 12.9 Å². The number of imidazole rings is 1. The largest absolute Gasteiger partial charge is 0.480 e. The quantitative estimate of drug-likeness (QED) is 0.591. The summed E-state index contributed by atoms with van der Waals surface area (Å²) in [5, 5.41) is 9.69. The first kappa shape index (κ1) is 21.9. The number of carbonyl (C=O) groups is 2. The molecule has 8 nitrogen and oxygen atoms in total. The molecule has 0 saturated heterocycles. The molecule has 0 radical (unpaired) electrons. The lowest BCUT2D eigenvalue weighted by Gasteiger charge is -2.31. The third-order valence-corrected chi connectivity index (χ3v) is 4.20. The molecule has 0 fully saturated rings. The molecule has 1 heterocycles. The fourth-order valence-electron chi connectivity index (χ4n) is 2.37. The minimum absolute atomic E-state index is 0.0518. The van der Waals surface area contributed by atoms with Gasteiger partial charge in [0.15, 0.2) is 0 Å². The van der Waals surface area contributed by atoms with Crippen molar-refractivity contribution in [2.75, 3.05) is 6.73 Å². The van der Waals surface area contributed by atoms with Gasteiger partial charge in [-0.05, 0) is 38.5 Å². The molecular weight excluding hydrogens is 430 g/mol. The van der Waals surface area contributed by atoms with E-state index in [0.717, 1.165) is 14.9 Å². The smallest absolute Gasteiger partial charge is 0.412 e. The van der Waals surface area contributed by atoms with Crippen molar-refractivity contribution in [2.24, 2.45) is 0 Å². The van der Waals surface area contributed by atoms with E-state index in [1.165, 1.54) is 12.5 Å². The van der Waals surface area contributed by atoms with Crippen LogP contribution < -0.4 is 0 Å². The van der Waals surface area contributed by atoms with Crippen LogP contribution in [0.3, 0.4) is 0 Å². The van der Waals surface area contributed by atoms with Crippen LogP contribution in [0.15, 0.2) is 41.3 Å². The summed E-state index contributed by atoms with van der Waals surface area (Å²) in [6.45, 7) is 5.16. The number of carboxylic acid groups (broad SMARTS) is 1. The molecule has 0 unspecified atom stereocenters. The first-order valence-electron chi connectivity index (χ1n) is 8.67. The van der Waals surface area contributed by atoms with Gasteiger partial charge in [0.2, 0.25) is 0 Å². The molecule has 9 heteroatoms. The highest BCUT2D eigenvalue weighted by Gasteiger charge is 2.33. The number of carbonyl (C=O) groups excluding carboxylic acids is 1. The maximum Gasteiger partial charge on any atom is 0.412 e. The number of hydrogen-bond donors (Lipinski definition) is 2. The molecule has 0 aliphatic carbocycles. The summed E-state index contributed by atoms with van der Waals surface area (Å²) >= 11 is 3.36. The Morgan fingerprint density at radius 3 is 2.50 bits per heavy atom. The Bertz CT molecular complexity index is 772. The Kier molecular flexibility index (Phi) is 7.59. The first-order chi connectivity index (χ1) is 13.2. The van der Waals surface area contributed by atoms with Crippen molar-refractivity contribution < 1.29 is 24.2 Å². The van der Waals surface area contributed by atoms with E-state index in [1.807, 2.05) is 24.3 Å². The lowest BCUT2D eigenvalue weighted by atomic mass is 10.1. The summed E-state index contributed by atoms with van der Waals surface area (Å²) in [4.78, 5) is 32.3. The Hall–Kier alpha value is -2.39. The van der Waals surface area contributed by atoms with Gasteiger partial charge in [0, 0.05) is 22.8 Å². The average Bonchev–Trinajstić information content (AvgIpc) is 3.10. The van der Waals surface area contributed by atoms with Crippen LogP contribution in [0.2, 0.25) is 0 Å². The molecule has 0 aliphatic rings. The molecule has 28 heavy (non-hydrogen) atoms. The van der Waals surface area contributed by atoms with Gasteiger partial charge in [-0.25, -0.2) is 14.6 Å². The van der Waals surface area contributed by atoms with E-state index >= 15 is 0 Å². The molecule has 1 atom stereocenters. The van der Waals surface area contributed by atoms with Crippen LogP contribution in [0.5, 0.6) is 0 Å². The lowest BCUT2D eigenvalue weighted by molar-refractivity contribution is -0.145. The number of aliphatic carboxylic acids is 1. The second-order valence-electron chi connectivity index (χ2n) is 7.19. The van der Waals surface area contributed by atoms with Crippen LogP contribution in [0.4, 0.5) is 4.79 Å². The van der Waals surface area contributed by atoms with Crippen LogP contribution in [0.25, 0.3) is 0 Å². The molecule has 2 N–H and O–H groups in total. The lowest BCUT2D eigenvalue weighted by Crippen LogP contribution is -2.49. The Labute approximate surface area is 172 Å². The van der Waals surface area contributed by atoms with Gasteiger partial charge in [0.1, 0.15) is 18.4 Å². The zero-order valence-corrected chi connectivity index (χ0v) is 17.6. The predicted molar refractivity (Wildman–Crippen MR) is 106 cm³/mol. The van der Waals surface area contributed by atoms with Crippen LogP contribution in [0.1, 0.15) is 32.0 Å². The minimum atomic E-state index is -1.17. The number of aromatic amines is 1. The van der Waals surface area contributed by atoms with E-state index in [0.29, 0.717) is 5.69 Å². The monoisotopic (exact) mass is 453 g/mol. The predicted octanol–water partition coefficient (Wildman–Crippen LogP) is 3.58. The standard InChI is InChI=1S/C19H24BrN3O5/c1-19(2,3)28-18(26)23(12-27-10-13-4-6-14(20)7-5-13)16(17(24)25)8-15-9-21-11-22-15/h4-7,9,11,16H,8,10,12H2,1-3H3,(H,21,22)(H,24,25)/t16-/m0/s1. The molecule has 0 saturated carbocycles. The number of nitrogens with one attached hydrogen (secondary N) is 1. The number of amides is 1. The van der Waals surface area contributed by atoms with Gasteiger partial charge in [-0.3, -0.25) is 4.90 Å². The number of ether oxygens (including phenoxy) is 2. The number of rotatable bonds is 8. The second kappa shape index (κ2) is 9.70. The molecular formula is C19H24BrN3O5. The summed E-state index contributed by atoms with van der Waals surface area (Å²) in [6.07, 6.45) is 2.27. The van der Waals surface area contributed by atoms with Crippen molar-refractivity contribution in [3.05, 3.63) is 52.5 Å². The van der Waals surface area contributed by atoms with E-state index in [1.54, 1.807) is 20.8 Å². The topological polar surface area (TPSA) is 105 Å². The fourth-order valence-corrected chi connectivity index (χ4v) is 2.63. The van der Waals surface area contributed by atoms with Crippen LogP contribution in [0, 0.1) is 0 Å². The van der Waals surface area contributed by atoms with Gasteiger partial charge >= 0.3 is 12.1 Å². The fraction of sp³-hybridized carbons (Fsp3) is 0.421. The SMILES string of the molecule is CC(C)(C)OC(=O)N(COCc1ccc(Br)cc1)[C@@H](Cc1cnc[nH]1)C(=O)O. The molecule has 2 rings (SSSR count). The van der Waals surface area contributed by atoms with Gasteiger partial charge in [-0.2, -0.15) is 0 Å². The van der Waals surface area contributed by atoms with Crippen molar-refractivity contribution in [2.45, 2.75) is 45.4 Å². The maximum atomic E-state index is 12.6. The Morgan fingerprint density at radius 2 is 1.96 bits per heavy atom. The van der Waals surface area contributed by atoms with Gasteiger partial charge in [0.25, 0.3) is 0 Å². The summed E-state index contributed by atoms with van der Waals surface area (Å²) in [5.41, 5.74) is 0.722. The van der Waals surface area contributed by atoms with E-state index < -0.39 is 23.7 Å². The summed E-state index contributed by atoms with van der Waals surface area (Å²) in [5.74, 6) is -1.16. The van der Waals surface area contributed by atoms with Crippen molar-refractivity contribution in [1.29, 1.82) is 0 Å². The van der Waals surface area contributed by atoms with Crippen molar-refractivity contribution in [3.8, 4) is 0 Å². The normalized spacial score (nSPS) is 12.4. The number of nitrogens with zero attached hydrogens (tertiary/aromatic N) is 2. The van der Waals surface area contributed by atoms with E-state index in [9.17, 15) is 14.7 Å². The van der Waals surface area contributed by atoms with E-state index in [4.69, 9.17) is 9.47 Å². The Morgan fingerprint density at radius 1 is 1.29 bits per heavy atom. The number of aromatic nitrogens is 2. The molecule has 152 valence electrons. The molecule has 0 aliphatic heterocycles. The number of benzene rings is 1. The summed E-state index contributed by atoms with van der Waals surface area (Å²) in [6, 6.07) is 6.34. The Balaban J connectivity index is 2.12. The highest BCUT2D eigenvalue weighted by atomic mass is 79.9. The molecule has 1 amide bonds. The molecule has 0 bridgehead atoms. The number of hydrogen-bond acceptors (Lipinski definition) is 5. The number of H-pyrrole nitrogens is 1. The number of halogens is 1. The molecule has 1 aromatic carbocycles. The van der Waals surface area contributed by atoms with Gasteiger partial charge in [-0.1, -0.05) is 28.1 Å². The second-order valence-corrected chi connectivity index (χ2v) is 8.10. The third kappa shape index (κ3) is 6.97. The van der Waals surface area contributed by atoms with Crippen LogP contribution in [-0.4, -0.2) is 50.4 Å². The van der Waals surface area contributed by atoms with E-state index in [2.05, 4.69) is 25.9 Å². The van der Waals surface area contributed by atoms with Gasteiger partial charge in [-0.15, -0.1) is 0 Å². The van der Waals surface area contributed by atoms with Crippen molar-refractivity contribution in [3.63, 3.8) is 0 Å². The molecule has 0 spiro atoms. The van der Waals surface area contributed by atoms with Crippen LogP contribution >= 0.6 is 15.9 Å². The summed E-state index contributed by atoms with van der Waals surface area (Å²) < 4.78 is 12.0. The first-order valence-corrected chi connectivity index (χ1v) is 9.47. The van der Waals surface area contributed by atoms with E-state index in [-0.39, 0.29) is 19.8 Å². The van der Waals surface area contributed by atoms with Gasteiger partial charge < -0.3 is 19.6 Å². The highest BCUT2D eigenvalue weighted by molar-refractivity contribution is 9.10. The average molecular weight is 454 g/mol. The van der Waals surface area contributed by atoms with Crippen molar-refractivity contribution >= 4 is 28.0 Å². The van der Waals surface area contributed by atoms with Crippen molar-refractivity contribution in [1.82, 2.24) is 14.9 Å². The zero-order chi connectivity index (χ0) is 20.7. The molecule has 2 aromatic rings. The van der Waals surface area contributed by atoms with Crippen LogP contribution in [-0.2, 0) is 27.3 Å². The third-order valence-electron chi connectivity index (χ3n) is 3.67. The zero-order valence-electron chi connectivity index (χ0n) is 16.0. The summed E-state index contributed by atoms with van der Waals surface area (Å²) in [7, 11) is 0. The molecule has 1 aromatic heterocycles. The highest BCUT2D eigenvalue weighted by Crippen LogP contribution is 2.16. The number of carboxylic acids is 1. The maximum absolute atomic E-state index is 12.6. The minimum Gasteiger partial charge on any atom is -0.480 e.